The maximum Gasteiger partial charge on any atom is 0.126 e. The standard InChI is InChI=1S/C22H25F2NO4/c23-15-3-7-19-13(9-15)1-5-21(28-19)17(26)11-25-12-18(27)22-6-2-14-10-16(24)4-8-20(14)29-22/h3-4,7-10,17-18,21-22,25-27H,1-2,5-6,11-12H2/t17-,18-,21+,22?/m0/s1/i11D2,12D2. The Morgan fingerprint density at radius 2 is 1.34 bits per heavy atom. The molecule has 2 aliphatic rings. The highest BCUT2D eigenvalue weighted by Gasteiger charge is 2.29. The van der Waals surface area contributed by atoms with Gasteiger partial charge in [0.1, 0.15) is 47.5 Å². The van der Waals surface area contributed by atoms with Crippen LogP contribution in [0.2, 0.25) is 0 Å². The lowest BCUT2D eigenvalue weighted by Crippen LogP contribution is -2.46. The summed E-state index contributed by atoms with van der Waals surface area (Å²) in [7, 11) is 0. The van der Waals surface area contributed by atoms with Gasteiger partial charge in [-0.15, -0.1) is 0 Å². The summed E-state index contributed by atoms with van der Waals surface area (Å²) in [6.45, 7) is -5.36. The maximum absolute atomic E-state index is 13.4. The van der Waals surface area contributed by atoms with E-state index in [9.17, 15) is 19.0 Å². The number of benzene rings is 2. The molecule has 156 valence electrons. The van der Waals surface area contributed by atoms with Gasteiger partial charge in [-0.3, -0.25) is 0 Å². The Balaban J connectivity index is 1.43. The molecule has 2 aromatic rings. The third-order valence-electron chi connectivity index (χ3n) is 5.14. The molecule has 29 heavy (non-hydrogen) atoms. The molecule has 0 spiro atoms. The Kier molecular flexibility index (Phi) is 4.65. The van der Waals surface area contributed by atoms with Gasteiger partial charge >= 0.3 is 0 Å². The normalized spacial score (nSPS) is 25.7. The topological polar surface area (TPSA) is 71.0 Å². The van der Waals surface area contributed by atoms with Crippen molar-refractivity contribution in [3.8, 4) is 11.5 Å². The van der Waals surface area contributed by atoms with E-state index in [0.29, 0.717) is 35.5 Å². The monoisotopic (exact) mass is 409 g/mol. The molecule has 1 unspecified atom stereocenters. The van der Waals surface area contributed by atoms with Gasteiger partial charge in [0.25, 0.3) is 0 Å². The molecule has 3 N–H and O–H groups in total. The van der Waals surface area contributed by atoms with Crippen LogP contribution in [0.4, 0.5) is 8.78 Å². The number of aliphatic hydroxyl groups excluding tert-OH is 2. The molecule has 0 aliphatic carbocycles. The number of aliphatic hydroxyl groups is 2. The van der Waals surface area contributed by atoms with Crippen LogP contribution in [0.1, 0.15) is 29.5 Å². The van der Waals surface area contributed by atoms with Crippen LogP contribution < -0.4 is 14.8 Å². The highest BCUT2D eigenvalue weighted by molar-refractivity contribution is 5.36. The van der Waals surface area contributed by atoms with Gasteiger partial charge in [0.15, 0.2) is 0 Å². The van der Waals surface area contributed by atoms with Gasteiger partial charge in [0, 0.05) is 18.5 Å². The Bertz CT molecular complexity index is 946. The molecule has 5 nitrogen and oxygen atoms in total. The predicted octanol–water partition coefficient (Wildman–Crippen LogP) is 2.36. The Morgan fingerprint density at radius 1 is 0.897 bits per heavy atom. The molecule has 4 rings (SSSR count). The molecule has 0 amide bonds. The van der Waals surface area contributed by atoms with E-state index < -0.39 is 49.0 Å². The molecular weight excluding hydrogens is 380 g/mol. The minimum atomic E-state index is -2.68. The minimum Gasteiger partial charge on any atom is -0.487 e. The first-order valence-electron chi connectivity index (χ1n) is 11.5. The van der Waals surface area contributed by atoms with Crippen molar-refractivity contribution < 1.29 is 34.0 Å². The van der Waals surface area contributed by atoms with Crippen LogP contribution in [0.25, 0.3) is 0 Å². The van der Waals surface area contributed by atoms with Crippen LogP contribution in [-0.4, -0.2) is 47.6 Å². The van der Waals surface area contributed by atoms with Crippen LogP contribution >= 0.6 is 0 Å². The predicted molar refractivity (Wildman–Crippen MR) is 103 cm³/mol. The number of rotatable bonds is 6. The molecule has 0 saturated heterocycles. The van der Waals surface area contributed by atoms with Crippen LogP contribution in [0, 0.1) is 11.6 Å². The maximum atomic E-state index is 13.4. The first-order valence-corrected chi connectivity index (χ1v) is 9.52. The molecule has 0 radical (unpaired) electrons. The van der Waals surface area contributed by atoms with Crippen LogP contribution in [0.15, 0.2) is 36.4 Å². The molecule has 4 atom stereocenters. The van der Waals surface area contributed by atoms with E-state index in [1.807, 2.05) is 0 Å². The number of halogens is 2. The van der Waals surface area contributed by atoms with Crippen molar-refractivity contribution in [1.29, 1.82) is 0 Å². The van der Waals surface area contributed by atoms with Crippen molar-refractivity contribution in [2.24, 2.45) is 0 Å². The van der Waals surface area contributed by atoms with Crippen molar-refractivity contribution in [3.05, 3.63) is 59.2 Å². The third-order valence-corrected chi connectivity index (χ3v) is 5.14. The van der Waals surface area contributed by atoms with Gasteiger partial charge in [-0.05, 0) is 73.2 Å². The Hall–Kier alpha value is -2.22. The summed E-state index contributed by atoms with van der Waals surface area (Å²) in [6, 6.07) is 7.84. The first-order chi connectivity index (χ1) is 15.5. The van der Waals surface area contributed by atoms with Gasteiger partial charge in [0.2, 0.25) is 0 Å². The van der Waals surface area contributed by atoms with E-state index in [0.717, 1.165) is 0 Å². The second kappa shape index (κ2) is 8.65. The fourth-order valence-electron chi connectivity index (χ4n) is 3.58. The van der Waals surface area contributed by atoms with Gasteiger partial charge in [-0.2, -0.15) is 0 Å². The van der Waals surface area contributed by atoms with E-state index in [-0.39, 0.29) is 12.8 Å². The van der Waals surface area contributed by atoms with Crippen molar-refractivity contribution in [3.63, 3.8) is 0 Å². The van der Waals surface area contributed by atoms with Crippen molar-refractivity contribution in [2.75, 3.05) is 13.0 Å². The summed E-state index contributed by atoms with van der Waals surface area (Å²) in [5, 5.41) is 23.4. The Morgan fingerprint density at radius 3 is 1.79 bits per heavy atom. The average Bonchev–Trinajstić information content (AvgIpc) is 2.76. The zero-order chi connectivity index (χ0) is 24.0. The van der Waals surface area contributed by atoms with Crippen LogP contribution in [0.3, 0.4) is 0 Å². The molecule has 7 heteroatoms. The molecule has 0 fully saturated rings. The summed E-state index contributed by atoms with van der Waals surface area (Å²) in [5.74, 6) is -0.186. The third kappa shape index (κ3) is 4.69. The van der Waals surface area contributed by atoms with Crippen molar-refractivity contribution >= 4 is 0 Å². The van der Waals surface area contributed by atoms with E-state index in [1.54, 1.807) is 0 Å². The van der Waals surface area contributed by atoms with E-state index >= 15 is 0 Å². The summed E-state index contributed by atoms with van der Waals surface area (Å²) in [4.78, 5) is 0. The summed E-state index contributed by atoms with van der Waals surface area (Å²) >= 11 is 0. The second-order valence-electron chi connectivity index (χ2n) is 7.20. The van der Waals surface area contributed by atoms with Gasteiger partial charge in [-0.25, -0.2) is 8.78 Å². The minimum absolute atomic E-state index is 0.198. The lowest BCUT2D eigenvalue weighted by Gasteiger charge is -2.31. The van der Waals surface area contributed by atoms with Gasteiger partial charge < -0.3 is 25.0 Å². The lowest BCUT2D eigenvalue weighted by molar-refractivity contribution is 0.00892. The number of nitrogens with one attached hydrogen (secondary N) is 1. The van der Waals surface area contributed by atoms with E-state index in [2.05, 4.69) is 5.32 Å². The van der Waals surface area contributed by atoms with Crippen molar-refractivity contribution in [2.45, 2.75) is 50.1 Å². The van der Waals surface area contributed by atoms with Crippen molar-refractivity contribution in [1.82, 2.24) is 5.32 Å². The van der Waals surface area contributed by atoms with E-state index in [4.69, 9.17) is 15.0 Å². The van der Waals surface area contributed by atoms with Gasteiger partial charge in [0.05, 0.1) is 0 Å². The zero-order valence-electron chi connectivity index (χ0n) is 19.6. The number of fused-ring (bicyclic) bond motifs is 2. The molecule has 0 bridgehead atoms. The summed E-state index contributed by atoms with van der Waals surface area (Å²) < 4.78 is 70.9. The molecule has 0 aromatic heterocycles. The highest BCUT2D eigenvalue weighted by Crippen LogP contribution is 2.30. The highest BCUT2D eigenvalue weighted by atomic mass is 19.1. The smallest absolute Gasteiger partial charge is 0.126 e. The summed E-state index contributed by atoms with van der Waals surface area (Å²) in [6.07, 6.45) is -4.47. The first kappa shape index (κ1) is 15.6. The molecule has 0 saturated carbocycles. The summed E-state index contributed by atoms with van der Waals surface area (Å²) in [5.41, 5.74) is 1.21. The van der Waals surface area contributed by atoms with Crippen LogP contribution in [-0.2, 0) is 12.8 Å². The molecular formula is C22H25F2NO4. The Labute approximate surface area is 173 Å². The van der Waals surface area contributed by atoms with Gasteiger partial charge in [-0.1, -0.05) is 0 Å². The quantitative estimate of drug-likeness (QED) is 0.683. The number of hydrogen-bond acceptors (Lipinski definition) is 5. The lowest BCUT2D eigenvalue weighted by atomic mass is 9.98. The number of aryl methyl sites for hydroxylation is 2. The molecule has 2 aromatic carbocycles. The molecule has 2 aliphatic heterocycles. The fraction of sp³-hybridized carbons (Fsp3) is 0.455. The van der Waals surface area contributed by atoms with E-state index in [1.165, 1.54) is 36.4 Å². The largest absolute Gasteiger partial charge is 0.487 e. The fourth-order valence-corrected chi connectivity index (χ4v) is 3.58. The average molecular weight is 409 g/mol. The molecule has 2 heterocycles. The second-order valence-corrected chi connectivity index (χ2v) is 7.20. The number of ether oxygens (including phenoxy) is 2. The van der Waals surface area contributed by atoms with Crippen LogP contribution in [0.5, 0.6) is 11.5 Å². The number of hydrogen-bond donors (Lipinski definition) is 3. The zero-order valence-corrected chi connectivity index (χ0v) is 15.6. The SMILES string of the molecule is [2H]C([2H])(NC([2H])([2H])[C@H](O)[C@H]1CCc2cc(F)ccc2O1)[C@H](O)C1CCc2cc(F)ccc2O1.